The van der Waals surface area contributed by atoms with Crippen LogP contribution in [0.5, 0.6) is 0 Å². The third kappa shape index (κ3) is 1.16. The average molecular weight is 161 g/mol. The number of tetrazole rings is 1. The van der Waals surface area contributed by atoms with Crippen molar-refractivity contribution < 1.29 is 0 Å². The Bertz CT molecular complexity index is 366. The Balaban J connectivity index is 2.45. The summed E-state index contributed by atoms with van der Waals surface area (Å²) < 4.78 is 0. The summed E-state index contributed by atoms with van der Waals surface area (Å²) in [4.78, 5) is 5.32. The standard InChI is InChI=1S/C7H7N5/c1-12-10-7(9-11-12)6-2-4-8-5-3-6/h2-5H,1H3. The molecule has 5 nitrogen and oxygen atoms in total. The van der Waals surface area contributed by atoms with E-state index in [9.17, 15) is 0 Å². The highest BCUT2D eigenvalue weighted by Crippen LogP contribution is 2.09. The van der Waals surface area contributed by atoms with Crippen molar-refractivity contribution in [1.82, 2.24) is 25.2 Å². The molecule has 0 N–H and O–H groups in total. The van der Waals surface area contributed by atoms with E-state index in [4.69, 9.17) is 0 Å². The molecule has 0 aliphatic heterocycles. The summed E-state index contributed by atoms with van der Waals surface area (Å²) in [7, 11) is 1.73. The lowest BCUT2D eigenvalue weighted by Crippen LogP contribution is -1.91. The topological polar surface area (TPSA) is 56.5 Å². The summed E-state index contributed by atoms with van der Waals surface area (Å²) in [5, 5.41) is 11.6. The smallest absolute Gasteiger partial charge is 0.205 e. The highest BCUT2D eigenvalue weighted by Gasteiger charge is 2.01. The number of hydrogen-bond donors (Lipinski definition) is 0. The average Bonchev–Trinajstić information content (AvgIpc) is 2.54. The van der Waals surface area contributed by atoms with Crippen LogP contribution in [0.2, 0.25) is 0 Å². The lowest BCUT2D eigenvalue weighted by Gasteiger charge is -1.89. The van der Waals surface area contributed by atoms with E-state index in [-0.39, 0.29) is 0 Å². The number of rotatable bonds is 1. The minimum atomic E-state index is 0.625. The van der Waals surface area contributed by atoms with Crippen molar-refractivity contribution in [2.45, 2.75) is 0 Å². The monoisotopic (exact) mass is 161 g/mol. The van der Waals surface area contributed by atoms with Gasteiger partial charge in [0, 0.05) is 18.0 Å². The summed E-state index contributed by atoms with van der Waals surface area (Å²) in [5.41, 5.74) is 0.929. The predicted octanol–water partition coefficient (Wildman–Crippen LogP) is 0.272. The highest BCUT2D eigenvalue weighted by molar-refractivity contribution is 5.51. The van der Waals surface area contributed by atoms with Crippen LogP contribution in [0.4, 0.5) is 0 Å². The van der Waals surface area contributed by atoms with Crippen LogP contribution in [0.25, 0.3) is 11.4 Å². The Morgan fingerprint density at radius 1 is 1.25 bits per heavy atom. The van der Waals surface area contributed by atoms with Crippen molar-refractivity contribution in [3.05, 3.63) is 24.5 Å². The van der Waals surface area contributed by atoms with E-state index in [0.29, 0.717) is 5.82 Å². The van der Waals surface area contributed by atoms with Gasteiger partial charge in [0.15, 0.2) is 0 Å². The number of aromatic nitrogens is 5. The van der Waals surface area contributed by atoms with Crippen molar-refractivity contribution in [3.8, 4) is 11.4 Å². The Hall–Kier alpha value is -1.78. The molecule has 0 aliphatic rings. The first-order chi connectivity index (χ1) is 5.86. The zero-order valence-electron chi connectivity index (χ0n) is 6.55. The van der Waals surface area contributed by atoms with E-state index in [1.165, 1.54) is 4.80 Å². The van der Waals surface area contributed by atoms with Gasteiger partial charge in [0.2, 0.25) is 5.82 Å². The van der Waals surface area contributed by atoms with E-state index in [1.54, 1.807) is 19.4 Å². The van der Waals surface area contributed by atoms with Gasteiger partial charge in [0.25, 0.3) is 0 Å². The van der Waals surface area contributed by atoms with Crippen LogP contribution in [0.1, 0.15) is 0 Å². The van der Waals surface area contributed by atoms with Gasteiger partial charge in [-0.25, -0.2) is 0 Å². The molecule has 2 aromatic rings. The van der Waals surface area contributed by atoms with E-state index >= 15 is 0 Å². The second-order valence-corrected chi connectivity index (χ2v) is 2.34. The number of aryl methyl sites for hydroxylation is 1. The summed E-state index contributed by atoms with van der Waals surface area (Å²) in [6.45, 7) is 0. The van der Waals surface area contributed by atoms with Crippen LogP contribution in [-0.2, 0) is 7.05 Å². The Labute approximate surface area is 69.1 Å². The van der Waals surface area contributed by atoms with Gasteiger partial charge in [-0.1, -0.05) is 0 Å². The van der Waals surface area contributed by atoms with Gasteiger partial charge in [0.1, 0.15) is 0 Å². The fourth-order valence-electron chi connectivity index (χ4n) is 0.901. The van der Waals surface area contributed by atoms with Gasteiger partial charge in [-0.3, -0.25) is 4.98 Å². The predicted molar refractivity (Wildman–Crippen MR) is 42.0 cm³/mol. The largest absolute Gasteiger partial charge is 0.265 e. The third-order valence-corrected chi connectivity index (χ3v) is 1.45. The first kappa shape index (κ1) is 6.90. The van der Waals surface area contributed by atoms with Gasteiger partial charge in [-0.05, 0) is 17.3 Å². The molecule has 0 spiro atoms. The Morgan fingerprint density at radius 3 is 2.58 bits per heavy atom. The molecule has 0 bridgehead atoms. The maximum atomic E-state index is 4.05. The first-order valence-electron chi connectivity index (χ1n) is 3.50. The van der Waals surface area contributed by atoms with Crippen LogP contribution in [0.15, 0.2) is 24.5 Å². The molecule has 0 aromatic carbocycles. The molecule has 2 aromatic heterocycles. The fraction of sp³-hybridized carbons (Fsp3) is 0.143. The molecule has 5 heteroatoms. The second-order valence-electron chi connectivity index (χ2n) is 2.34. The first-order valence-corrected chi connectivity index (χ1v) is 3.50. The van der Waals surface area contributed by atoms with Crippen LogP contribution in [0.3, 0.4) is 0 Å². The molecule has 0 atom stereocenters. The fourth-order valence-corrected chi connectivity index (χ4v) is 0.901. The van der Waals surface area contributed by atoms with E-state index < -0.39 is 0 Å². The lowest BCUT2D eigenvalue weighted by atomic mass is 10.3. The number of hydrogen-bond acceptors (Lipinski definition) is 4. The number of nitrogens with zero attached hydrogens (tertiary/aromatic N) is 5. The summed E-state index contributed by atoms with van der Waals surface area (Å²) in [6.07, 6.45) is 3.40. The van der Waals surface area contributed by atoms with E-state index in [1.807, 2.05) is 12.1 Å². The van der Waals surface area contributed by atoms with Crippen molar-refractivity contribution in [1.29, 1.82) is 0 Å². The van der Waals surface area contributed by atoms with Crippen molar-refractivity contribution in [3.63, 3.8) is 0 Å². The number of pyridine rings is 1. The summed E-state index contributed by atoms with van der Waals surface area (Å²) in [6, 6.07) is 3.69. The van der Waals surface area contributed by atoms with E-state index in [0.717, 1.165) is 5.56 Å². The molecule has 0 saturated heterocycles. The van der Waals surface area contributed by atoms with Crippen molar-refractivity contribution in [2.75, 3.05) is 0 Å². The second kappa shape index (κ2) is 2.69. The SMILES string of the molecule is Cn1nnc(-c2ccncc2)n1. The molecule has 0 radical (unpaired) electrons. The molecule has 0 unspecified atom stereocenters. The van der Waals surface area contributed by atoms with Crippen LogP contribution in [0, 0.1) is 0 Å². The van der Waals surface area contributed by atoms with Crippen LogP contribution < -0.4 is 0 Å². The summed E-state index contributed by atoms with van der Waals surface area (Å²) >= 11 is 0. The van der Waals surface area contributed by atoms with E-state index in [2.05, 4.69) is 20.4 Å². The molecule has 2 heterocycles. The molecular formula is C7H7N5. The molecule has 0 aliphatic carbocycles. The lowest BCUT2D eigenvalue weighted by molar-refractivity contribution is 0.630. The molecule has 0 fully saturated rings. The minimum Gasteiger partial charge on any atom is -0.265 e. The molecule has 2 rings (SSSR count). The van der Waals surface area contributed by atoms with Gasteiger partial charge < -0.3 is 0 Å². The maximum Gasteiger partial charge on any atom is 0.205 e. The Morgan fingerprint density at radius 2 is 2.00 bits per heavy atom. The van der Waals surface area contributed by atoms with Crippen LogP contribution in [-0.4, -0.2) is 25.2 Å². The zero-order valence-corrected chi connectivity index (χ0v) is 6.55. The normalized spacial score (nSPS) is 10.1. The molecule has 12 heavy (non-hydrogen) atoms. The Kier molecular flexibility index (Phi) is 1.55. The van der Waals surface area contributed by atoms with Crippen molar-refractivity contribution >= 4 is 0 Å². The molecule has 0 amide bonds. The molecular weight excluding hydrogens is 154 g/mol. The summed E-state index contributed by atoms with van der Waals surface area (Å²) in [5.74, 6) is 0.625. The maximum absolute atomic E-state index is 4.05. The minimum absolute atomic E-state index is 0.625. The van der Waals surface area contributed by atoms with Crippen molar-refractivity contribution in [2.24, 2.45) is 7.05 Å². The van der Waals surface area contributed by atoms with Gasteiger partial charge in [0.05, 0.1) is 7.05 Å². The quantitative estimate of drug-likeness (QED) is 0.602. The third-order valence-electron chi connectivity index (χ3n) is 1.45. The zero-order chi connectivity index (χ0) is 8.39. The van der Waals surface area contributed by atoms with Crippen LogP contribution >= 0.6 is 0 Å². The van der Waals surface area contributed by atoms with Gasteiger partial charge in [-0.2, -0.15) is 4.80 Å². The van der Waals surface area contributed by atoms with Gasteiger partial charge in [-0.15, -0.1) is 10.2 Å². The molecule has 0 saturated carbocycles. The van der Waals surface area contributed by atoms with Gasteiger partial charge >= 0.3 is 0 Å². The molecule has 60 valence electrons. The highest BCUT2D eigenvalue weighted by atomic mass is 15.6.